The second-order valence-electron chi connectivity index (χ2n) is 9.42. The van der Waals surface area contributed by atoms with Crippen LogP contribution < -0.4 is 5.32 Å². The quantitative estimate of drug-likeness (QED) is 0.354. The van der Waals surface area contributed by atoms with Gasteiger partial charge in [0.25, 0.3) is 5.91 Å². The van der Waals surface area contributed by atoms with E-state index in [1.807, 2.05) is 0 Å². The van der Waals surface area contributed by atoms with Crippen molar-refractivity contribution in [2.75, 3.05) is 5.32 Å². The Kier molecular flexibility index (Phi) is 6.71. The topological polar surface area (TPSA) is 96.4 Å². The number of carbonyl (C=O) groups is 1. The lowest BCUT2D eigenvalue weighted by atomic mass is 9.84. The highest BCUT2D eigenvalue weighted by molar-refractivity contribution is 7.92. The van der Waals surface area contributed by atoms with Gasteiger partial charge in [0.1, 0.15) is 5.60 Å². The highest BCUT2D eigenvalue weighted by Gasteiger charge is 2.61. The zero-order valence-electron chi connectivity index (χ0n) is 19.6. The Morgan fingerprint density at radius 3 is 2.45 bits per heavy atom. The van der Waals surface area contributed by atoms with Gasteiger partial charge in [-0.3, -0.25) is 9.78 Å². The number of hydrogen-bond acceptors (Lipinski definition) is 5. The number of benzene rings is 2. The van der Waals surface area contributed by atoms with Crippen molar-refractivity contribution in [2.45, 2.75) is 35.0 Å². The van der Waals surface area contributed by atoms with E-state index in [0.717, 1.165) is 6.07 Å². The largest absolute Gasteiger partial charge is 0.377 e. The summed E-state index contributed by atoms with van der Waals surface area (Å²) in [5, 5.41) is 12.5. The van der Waals surface area contributed by atoms with E-state index in [0.29, 0.717) is 30.5 Å². The Bertz CT molecular complexity index is 1580. The van der Waals surface area contributed by atoms with E-state index < -0.39 is 50.0 Å². The molecule has 2 aromatic carbocycles. The van der Waals surface area contributed by atoms with E-state index in [9.17, 15) is 31.5 Å². The van der Waals surface area contributed by atoms with Gasteiger partial charge in [-0.1, -0.05) is 23.4 Å². The summed E-state index contributed by atoms with van der Waals surface area (Å²) in [7, 11) is -4.13. The molecule has 0 radical (unpaired) electrons. The number of carbonyl (C=O) groups excluding carboxylic acids is 1. The van der Waals surface area contributed by atoms with Crippen LogP contribution in [0.25, 0.3) is 0 Å². The Balaban J connectivity index is 1.43. The second-order valence-corrected chi connectivity index (χ2v) is 11.9. The third-order valence-electron chi connectivity index (χ3n) is 7.10. The molecule has 4 atom stereocenters. The number of nitrogens with zero attached hydrogens (tertiary/aromatic N) is 1. The lowest BCUT2D eigenvalue weighted by Crippen LogP contribution is -2.37. The highest BCUT2D eigenvalue weighted by atomic mass is 35.5. The van der Waals surface area contributed by atoms with Crippen molar-refractivity contribution >= 4 is 33.0 Å². The van der Waals surface area contributed by atoms with Gasteiger partial charge in [-0.25, -0.2) is 21.6 Å². The smallest absolute Gasteiger partial charge is 0.255 e. The minimum atomic E-state index is -4.13. The van der Waals surface area contributed by atoms with Crippen LogP contribution in [-0.4, -0.2) is 35.3 Å². The first-order chi connectivity index (χ1) is 18.0. The number of fused-ring (bicyclic) bond motifs is 2. The molecular weight excluding hydrogens is 541 g/mol. The van der Waals surface area contributed by atoms with Gasteiger partial charge >= 0.3 is 0 Å². The van der Waals surface area contributed by atoms with Crippen molar-refractivity contribution in [3.05, 3.63) is 88.5 Å². The molecule has 0 spiro atoms. The van der Waals surface area contributed by atoms with Gasteiger partial charge in [0, 0.05) is 47.3 Å². The molecule has 0 saturated heterocycles. The molecule has 2 fully saturated rings. The average molecular weight is 561 g/mol. The highest BCUT2D eigenvalue weighted by Crippen LogP contribution is 2.55. The Hall–Kier alpha value is -3.39. The first kappa shape index (κ1) is 26.2. The van der Waals surface area contributed by atoms with Crippen LogP contribution in [0.4, 0.5) is 18.9 Å². The number of sulfone groups is 1. The first-order valence-electron chi connectivity index (χ1n) is 11.6. The number of anilines is 1. The SMILES string of the molecule is O=C(Nc1cc(F)c(F)c(F)c1)c1ccc(Cl)c(S(=O)(=O)[C@@H]2C3CCC2[C@](O)(C#Cc2ccncc2)C3)c1. The fourth-order valence-electron chi connectivity index (χ4n) is 5.40. The maximum Gasteiger partial charge on any atom is 0.255 e. The number of aromatic nitrogens is 1. The van der Waals surface area contributed by atoms with E-state index in [4.69, 9.17) is 11.6 Å². The number of halogens is 4. The lowest BCUT2D eigenvalue weighted by molar-refractivity contribution is 0.0440. The molecular formula is C27H20ClF3N2O4S. The summed E-state index contributed by atoms with van der Waals surface area (Å²) in [6, 6.07) is 8.16. The van der Waals surface area contributed by atoms with E-state index in [2.05, 4.69) is 22.1 Å². The molecule has 38 heavy (non-hydrogen) atoms. The molecule has 2 aliphatic rings. The van der Waals surface area contributed by atoms with Gasteiger partial charge < -0.3 is 10.4 Å². The van der Waals surface area contributed by atoms with Crippen molar-refractivity contribution in [1.82, 2.24) is 4.98 Å². The van der Waals surface area contributed by atoms with Crippen molar-refractivity contribution in [1.29, 1.82) is 0 Å². The summed E-state index contributed by atoms with van der Waals surface area (Å²) in [6.07, 6.45) is 4.36. The van der Waals surface area contributed by atoms with Crippen LogP contribution in [0.1, 0.15) is 35.2 Å². The molecule has 196 valence electrons. The average Bonchev–Trinajstić information content (AvgIpc) is 3.43. The van der Waals surface area contributed by atoms with Crippen LogP contribution >= 0.6 is 11.6 Å². The molecule has 3 aromatic rings. The van der Waals surface area contributed by atoms with Gasteiger partial charge in [-0.05, 0) is 55.5 Å². The normalized spacial score (nSPS) is 24.1. The lowest BCUT2D eigenvalue weighted by Gasteiger charge is -2.27. The summed E-state index contributed by atoms with van der Waals surface area (Å²) >= 11 is 6.26. The van der Waals surface area contributed by atoms with Gasteiger partial charge in [-0.15, -0.1) is 0 Å². The zero-order chi connectivity index (χ0) is 27.2. The molecule has 2 bridgehead atoms. The molecule has 1 amide bonds. The molecule has 0 aliphatic heterocycles. The molecule has 1 heterocycles. The van der Waals surface area contributed by atoms with Crippen LogP contribution in [0, 0.1) is 41.1 Å². The number of pyridine rings is 1. The van der Waals surface area contributed by atoms with Crippen LogP contribution in [0.5, 0.6) is 0 Å². The molecule has 11 heteroatoms. The standard InChI is InChI=1S/C27H20ClF3N2O4S/c28-20-4-2-16(26(34)33-18-12-21(29)24(31)22(30)13-18)11-23(20)38(36,37)25-17-1-3-19(25)27(35,14-17)8-5-15-6-9-32-10-7-15/h2,4,6-7,9-13,17,19,25,35H,1,3,14H2,(H,33,34)/t17?,19?,25-,27+/m1/s1. The minimum absolute atomic E-state index is 0.113. The number of amides is 1. The van der Waals surface area contributed by atoms with Crippen LogP contribution in [0.3, 0.4) is 0 Å². The van der Waals surface area contributed by atoms with Gasteiger partial charge in [-0.2, -0.15) is 0 Å². The summed E-state index contributed by atoms with van der Waals surface area (Å²) in [5.74, 6) is -0.785. The molecule has 2 saturated carbocycles. The van der Waals surface area contributed by atoms with Gasteiger partial charge in [0.05, 0.1) is 15.2 Å². The molecule has 2 unspecified atom stereocenters. The predicted octanol–water partition coefficient (Wildman–Crippen LogP) is 4.76. The van der Waals surface area contributed by atoms with E-state index in [-0.39, 0.29) is 33.5 Å². The summed E-state index contributed by atoms with van der Waals surface area (Å²) in [5.41, 5.74) is -1.37. The van der Waals surface area contributed by atoms with Crippen molar-refractivity contribution < 1.29 is 31.5 Å². The van der Waals surface area contributed by atoms with E-state index >= 15 is 0 Å². The Labute approximate surface area is 221 Å². The maximum atomic E-state index is 13.8. The second kappa shape index (κ2) is 9.73. The van der Waals surface area contributed by atoms with E-state index in [1.54, 1.807) is 24.5 Å². The molecule has 2 aliphatic carbocycles. The molecule has 6 nitrogen and oxygen atoms in total. The first-order valence-corrected chi connectivity index (χ1v) is 13.6. The van der Waals surface area contributed by atoms with E-state index in [1.165, 1.54) is 12.1 Å². The molecule has 5 rings (SSSR count). The fraction of sp³-hybridized carbons (Fsp3) is 0.259. The fourth-order valence-corrected chi connectivity index (χ4v) is 8.30. The third-order valence-corrected chi connectivity index (χ3v) is 9.92. The summed E-state index contributed by atoms with van der Waals surface area (Å²) in [6.45, 7) is 0. The van der Waals surface area contributed by atoms with Crippen LogP contribution in [0.2, 0.25) is 5.02 Å². The zero-order valence-corrected chi connectivity index (χ0v) is 21.2. The maximum absolute atomic E-state index is 13.8. The van der Waals surface area contributed by atoms with Crippen molar-refractivity contribution in [3.8, 4) is 11.8 Å². The Morgan fingerprint density at radius 1 is 1.08 bits per heavy atom. The van der Waals surface area contributed by atoms with Crippen LogP contribution in [0.15, 0.2) is 59.8 Å². The third kappa shape index (κ3) is 4.66. The molecule has 1 aromatic heterocycles. The van der Waals surface area contributed by atoms with Gasteiger partial charge in [0.2, 0.25) is 0 Å². The summed E-state index contributed by atoms with van der Waals surface area (Å²) in [4.78, 5) is 16.4. The number of aliphatic hydroxyl groups is 1. The molecule has 2 N–H and O–H groups in total. The predicted molar refractivity (Wildman–Crippen MR) is 134 cm³/mol. The Morgan fingerprint density at radius 2 is 1.76 bits per heavy atom. The summed E-state index contributed by atoms with van der Waals surface area (Å²) < 4.78 is 67.9. The van der Waals surface area contributed by atoms with Crippen molar-refractivity contribution in [2.24, 2.45) is 11.8 Å². The number of hydrogen-bond donors (Lipinski definition) is 2. The van der Waals surface area contributed by atoms with Gasteiger partial charge in [0.15, 0.2) is 27.3 Å². The monoisotopic (exact) mass is 560 g/mol. The minimum Gasteiger partial charge on any atom is -0.377 e. The van der Waals surface area contributed by atoms with Crippen LogP contribution in [-0.2, 0) is 9.84 Å². The number of rotatable bonds is 4. The number of nitrogens with one attached hydrogen (secondary N) is 1. The van der Waals surface area contributed by atoms with Crippen molar-refractivity contribution in [3.63, 3.8) is 0 Å².